The van der Waals surface area contributed by atoms with Crippen molar-refractivity contribution in [2.24, 2.45) is 0 Å². The molecule has 1 aliphatic rings. The fourth-order valence-electron chi connectivity index (χ4n) is 2.70. The number of carbonyl (C=O) groups is 1. The van der Waals surface area contributed by atoms with Crippen LogP contribution < -0.4 is 10.2 Å². The van der Waals surface area contributed by atoms with Crippen LogP contribution in [0.4, 0.5) is 16.2 Å². The maximum Gasteiger partial charge on any atom is 0.414 e. The molecule has 1 heterocycles. The number of rotatable bonds is 0. The Morgan fingerprint density at radius 1 is 1.17 bits per heavy atom. The van der Waals surface area contributed by atoms with Crippen molar-refractivity contribution < 1.29 is 9.53 Å². The maximum atomic E-state index is 12.6. The monoisotopic (exact) mass is 318 g/mol. The van der Waals surface area contributed by atoms with Crippen molar-refractivity contribution in [2.75, 3.05) is 16.8 Å². The first-order valence-electron chi connectivity index (χ1n) is 8.22. The minimum atomic E-state index is -0.502. The topological polar surface area (TPSA) is 41.6 Å². The highest BCUT2D eigenvalue weighted by atomic mass is 16.6. The van der Waals surface area contributed by atoms with Crippen molar-refractivity contribution >= 4 is 17.5 Å². The number of hydrogen-bond acceptors (Lipinski definition) is 3. The second-order valence-electron chi connectivity index (χ2n) is 9.06. The molecule has 128 valence electrons. The molecular formula is C19H30N2O2. The van der Waals surface area contributed by atoms with E-state index in [4.69, 9.17) is 4.74 Å². The number of carbonyl (C=O) groups excluding carboxylic acids is 1. The zero-order chi connectivity index (χ0) is 17.6. The van der Waals surface area contributed by atoms with E-state index in [9.17, 15) is 4.79 Å². The fourth-order valence-corrected chi connectivity index (χ4v) is 2.70. The molecule has 0 spiro atoms. The Morgan fingerprint density at radius 2 is 1.78 bits per heavy atom. The van der Waals surface area contributed by atoms with Gasteiger partial charge >= 0.3 is 6.09 Å². The van der Waals surface area contributed by atoms with Crippen molar-refractivity contribution in [1.82, 2.24) is 0 Å². The summed E-state index contributed by atoms with van der Waals surface area (Å²) in [5, 5.41) is 3.55. The van der Waals surface area contributed by atoms with Gasteiger partial charge in [-0.15, -0.1) is 0 Å². The quantitative estimate of drug-likeness (QED) is 0.737. The molecule has 0 atom stereocenters. The molecule has 1 amide bonds. The normalized spacial score (nSPS) is 17.3. The van der Waals surface area contributed by atoms with Crippen LogP contribution in [0.1, 0.15) is 61.0 Å². The standard InChI is InChI=1S/C19H30N2O2/c1-17(2,3)13-9-10-15-14(11-13)20-19(7,8)12-21(15)16(22)23-18(4,5)6/h9-11,20H,12H2,1-8H3. The number of anilines is 2. The largest absolute Gasteiger partial charge is 0.443 e. The minimum Gasteiger partial charge on any atom is -0.443 e. The van der Waals surface area contributed by atoms with Crippen LogP contribution in [0, 0.1) is 0 Å². The fraction of sp³-hybridized carbons (Fsp3) is 0.632. The smallest absolute Gasteiger partial charge is 0.414 e. The molecule has 0 aliphatic carbocycles. The Kier molecular flexibility index (Phi) is 4.16. The van der Waals surface area contributed by atoms with E-state index in [0.717, 1.165) is 11.4 Å². The molecule has 1 aromatic carbocycles. The summed E-state index contributed by atoms with van der Waals surface area (Å²) < 4.78 is 5.58. The average Bonchev–Trinajstić information content (AvgIpc) is 2.32. The minimum absolute atomic E-state index is 0.0645. The first-order chi connectivity index (χ1) is 10.3. The van der Waals surface area contributed by atoms with Gasteiger partial charge < -0.3 is 10.1 Å². The van der Waals surface area contributed by atoms with Gasteiger partial charge in [0.15, 0.2) is 0 Å². The molecule has 23 heavy (non-hydrogen) atoms. The maximum absolute atomic E-state index is 12.6. The molecule has 0 saturated heterocycles. The Bertz CT molecular complexity index is 607. The van der Waals surface area contributed by atoms with Gasteiger partial charge in [0.25, 0.3) is 0 Å². The van der Waals surface area contributed by atoms with Gasteiger partial charge in [0.05, 0.1) is 17.9 Å². The molecule has 4 nitrogen and oxygen atoms in total. The molecule has 0 radical (unpaired) electrons. The number of amides is 1. The van der Waals surface area contributed by atoms with Crippen LogP contribution in [0.3, 0.4) is 0 Å². The van der Waals surface area contributed by atoms with Crippen LogP contribution in [0.25, 0.3) is 0 Å². The van der Waals surface area contributed by atoms with E-state index in [1.165, 1.54) is 5.56 Å². The molecule has 0 bridgehead atoms. The van der Waals surface area contributed by atoms with Crippen molar-refractivity contribution in [3.05, 3.63) is 23.8 Å². The summed E-state index contributed by atoms with van der Waals surface area (Å²) in [6.07, 6.45) is -0.295. The summed E-state index contributed by atoms with van der Waals surface area (Å²) in [6.45, 7) is 17.0. The molecule has 2 rings (SSSR count). The number of nitrogens with zero attached hydrogens (tertiary/aromatic N) is 1. The first-order valence-corrected chi connectivity index (χ1v) is 8.22. The van der Waals surface area contributed by atoms with Gasteiger partial charge in [0.1, 0.15) is 5.60 Å². The molecule has 4 heteroatoms. The summed E-state index contributed by atoms with van der Waals surface area (Å²) >= 11 is 0. The number of hydrogen-bond donors (Lipinski definition) is 1. The van der Waals surface area contributed by atoms with E-state index in [0.29, 0.717) is 6.54 Å². The van der Waals surface area contributed by atoms with Gasteiger partial charge in [-0.25, -0.2) is 4.79 Å². The predicted molar refractivity (Wildman–Crippen MR) is 96.4 cm³/mol. The third-order valence-corrected chi connectivity index (χ3v) is 3.79. The third-order valence-electron chi connectivity index (χ3n) is 3.79. The Labute approximate surface area is 140 Å². The Hall–Kier alpha value is -1.71. The molecule has 0 aromatic heterocycles. The third kappa shape index (κ3) is 4.18. The van der Waals surface area contributed by atoms with E-state index in [1.54, 1.807) is 4.90 Å². The predicted octanol–water partition coefficient (Wildman–Crippen LogP) is 4.93. The van der Waals surface area contributed by atoms with Gasteiger partial charge in [-0.2, -0.15) is 0 Å². The van der Waals surface area contributed by atoms with Crippen molar-refractivity contribution in [3.63, 3.8) is 0 Å². The van der Waals surface area contributed by atoms with Gasteiger partial charge in [-0.1, -0.05) is 26.8 Å². The van der Waals surface area contributed by atoms with E-state index in [-0.39, 0.29) is 17.0 Å². The van der Waals surface area contributed by atoms with E-state index in [2.05, 4.69) is 52.1 Å². The summed E-state index contributed by atoms with van der Waals surface area (Å²) in [6, 6.07) is 6.26. The van der Waals surface area contributed by atoms with E-state index >= 15 is 0 Å². The van der Waals surface area contributed by atoms with Crippen molar-refractivity contribution in [1.29, 1.82) is 0 Å². The summed E-state index contributed by atoms with van der Waals surface area (Å²) in [7, 11) is 0. The van der Waals surface area contributed by atoms with Crippen molar-refractivity contribution in [2.45, 2.75) is 71.9 Å². The zero-order valence-corrected chi connectivity index (χ0v) is 15.7. The number of ether oxygens (including phenoxy) is 1. The van der Waals surface area contributed by atoms with E-state index < -0.39 is 5.60 Å². The average molecular weight is 318 g/mol. The first kappa shape index (κ1) is 17.6. The second kappa shape index (κ2) is 5.43. The highest BCUT2D eigenvalue weighted by Gasteiger charge is 2.35. The van der Waals surface area contributed by atoms with Crippen LogP contribution >= 0.6 is 0 Å². The number of nitrogens with one attached hydrogen (secondary N) is 1. The van der Waals surface area contributed by atoms with Gasteiger partial charge in [-0.05, 0) is 57.7 Å². The molecule has 0 unspecified atom stereocenters. The number of benzene rings is 1. The summed E-state index contributed by atoms with van der Waals surface area (Å²) in [5.74, 6) is 0. The molecule has 0 saturated carbocycles. The lowest BCUT2D eigenvalue weighted by Gasteiger charge is -2.41. The summed E-state index contributed by atoms with van der Waals surface area (Å²) in [4.78, 5) is 14.4. The van der Waals surface area contributed by atoms with Crippen molar-refractivity contribution in [3.8, 4) is 0 Å². The van der Waals surface area contributed by atoms with Gasteiger partial charge in [-0.3, -0.25) is 4.90 Å². The lowest BCUT2D eigenvalue weighted by Crippen LogP contribution is -2.52. The Balaban J connectivity index is 2.43. The zero-order valence-electron chi connectivity index (χ0n) is 15.7. The highest BCUT2D eigenvalue weighted by molar-refractivity contribution is 5.94. The van der Waals surface area contributed by atoms with Crippen LogP contribution in [-0.4, -0.2) is 23.8 Å². The molecule has 1 aromatic rings. The highest BCUT2D eigenvalue weighted by Crippen LogP contribution is 2.38. The lowest BCUT2D eigenvalue weighted by atomic mass is 9.86. The van der Waals surface area contributed by atoms with Gasteiger partial charge in [0, 0.05) is 5.54 Å². The number of fused-ring (bicyclic) bond motifs is 1. The van der Waals surface area contributed by atoms with E-state index in [1.807, 2.05) is 26.8 Å². The molecule has 1 aliphatic heterocycles. The molecular weight excluding hydrogens is 288 g/mol. The Morgan fingerprint density at radius 3 is 2.30 bits per heavy atom. The lowest BCUT2D eigenvalue weighted by molar-refractivity contribution is 0.0573. The van der Waals surface area contributed by atoms with Crippen LogP contribution in [0.2, 0.25) is 0 Å². The molecule has 1 N–H and O–H groups in total. The molecule has 0 fully saturated rings. The summed E-state index contributed by atoms with van der Waals surface area (Å²) in [5.41, 5.74) is 2.46. The second-order valence-corrected chi connectivity index (χ2v) is 9.06. The SMILES string of the molecule is CC1(C)CN(C(=O)OC(C)(C)C)c2ccc(C(C)(C)C)cc2N1. The van der Waals surface area contributed by atoms with Crippen LogP contribution in [0.15, 0.2) is 18.2 Å². The van der Waals surface area contributed by atoms with Gasteiger partial charge in [0.2, 0.25) is 0 Å². The van der Waals surface area contributed by atoms with Crippen LogP contribution in [0.5, 0.6) is 0 Å². The van der Waals surface area contributed by atoms with Crippen LogP contribution in [-0.2, 0) is 10.2 Å².